The van der Waals surface area contributed by atoms with Gasteiger partial charge >= 0.3 is 0 Å². The highest BCUT2D eigenvalue weighted by molar-refractivity contribution is 7.98. The molecule has 0 atom stereocenters. The molecule has 0 aliphatic carbocycles. The number of aryl methyl sites for hydroxylation is 1. The van der Waals surface area contributed by atoms with Crippen LogP contribution in [0.15, 0.2) is 41.8 Å². The predicted octanol–water partition coefficient (Wildman–Crippen LogP) is 3.58. The lowest BCUT2D eigenvalue weighted by Gasteiger charge is -2.05. The van der Waals surface area contributed by atoms with Crippen LogP contribution in [0.5, 0.6) is 0 Å². The van der Waals surface area contributed by atoms with E-state index in [9.17, 15) is 0 Å². The fourth-order valence-corrected chi connectivity index (χ4v) is 2.70. The minimum Gasteiger partial charge on any atom is -0.313 e. The number of rotatable bonds is 7. The minimum absolute atomic E-state index is 0.840. The van der Waals surface area contributed by atoms with E-state index in [1.54, 1.807) is 11.8 Å². The van der Waals surface area contributed by atoms with Gasteiger partial charge in [0.25, 0.3) is 0 Å². The maximum Gasteiger partial charge on any atom is 0.187 e. The summed E-state index contributed by atoms with van der Waals surface area (Å²) in [6, 6.07) is 8.44. The van der Waals surface area contributed by atoms with Gasteiger partial charge in [0.2, 0.25) is 0 Å². The van der Waals surface area contributed by atoms with Crippen molar-refractivity contribution in [3.8, 4) is 0 Å². The Labute approximate surface area is 125 Å². The Morgan fingerprint density at radius 1 is 1.15 bits per heavy atom. The first-order chi connectivity index (χ1) is 9.79. The number of thioether (sulfide) groups is 1. The molecule has 0 aliphatic rings. The van der Waals surface area contributed by atoms with Crippen molar-refractivity contribution < 1.29 is 0 Å². The number of aromatic nitrogens is 2. The maximum atomic E-state index is 4.41. The van der Waals surface area contributed by atoms with E-state index in [0.717, 1.165) is 36.0 Å². The van der Waals surface area contributed by atoms with Gasteiger partial charge in [-0.15, -0.1) is 0 Å². The van der Waals surface area contributed by atoms with Gasteiger partial charge < -0.3 is 5.32 Å². The fraction of sp³-hybridized carbons (Fsp3) is 0.375. The molecular weight excluding hydrogens is 266 g/mol. The Morgan fingerprint density at radius 3 is 2.60 bits per heavy atom. The first-order valence-corrected chi connectivity index (χ1v) is 7.97. The number of nitrogens with one attached hydrogen (secondary N) is 1. The molecule has 106 valence electrons. The van der Waals surface area contributed by atoms with Gasteiger partial charge in [-0.1, -0.05) is 43.0 Å². The topological polar surface area (TPSA) is 37.8 Å². The van der Waals surface area contributed by atoms with Crippen LogP contribution in [0, 0.1) is 6.92 Å². The third-order valence-electron chi connectivity index (χ3n) is 3.06. The number of nitrogens with zero attached hydrogens (tertiary/aromatic N) is 2. The van der Waals surface area contributed by atoms with E-state index in [1.165, 1.54) is 11.1 Å². The summed E-state index contributed by atoms with van der Waals surface area (Å²) in [5.41, 5.74) is 3.80. The molecule has 4 heteroatoms. The van der Waals surface area contributed by atoms with Crippen LogP contribution in [-0.2, 0) is 12.3 Å². The van der Waals surface area contributed by atoms with E-state index >= 15 is 0 Å². The van der Waals surface area contributed by atoms with Crippen LogP contribution in [0.2, 0.25) is 0 Å². The van der Waals surface area contributed by atoms with Crippen molar-refractivity contribution in [2.24, 2.45) is 0 Å². The Hall–Kier alpha value is -1.39. The van der Waals surface area contributed by atoms with E-state index in [0.29, 0.717) is 0 Å². The zero-order chi connectivity index (χ0) is 14.2. The summed E-state index contributed by atoms with van der Waals surface area (Å²) in [5.74, 6) is 0.917. The average molecular weight is 287 g/mol. The quantitative estimate of drug-likeness (QED) is 0.480. The normalized spacial score (nSPS) is 10.7. The highest BCUT2D eigenvalue weighted by Gasteiger charge is 2.02. The molecule has 1 aromatic carbocycles. The first kappa shape index (κ1) is 15.0. The van der Waals surface area contributed by atoms with Crippen LogP contribution >= 0.6 is 11.8 Å². The SMILES string of the molecule is CCCNCc1cnc(SCc2ccccc2C)nc1. The van der Waals surface area contributed by atoms with Gasteiger partial charge in [-0.2, -0.15) is 0 Å². The van der Waals surface area contributed by atoms with Gasteiger partial charge in [-0.05, 0) is 31.0 Å². The van der Waals surface area contributed by atoms with E-state index < -0.39 is 0 Å². The molecule has 2 aromatic rings. The lowest BCUT2D eigenvalue weighted by molar-refractivity contribution is 0.669. The van der Waals surface area contributed by atoms with Crippen LogP contribution in [-0.4, -0.2) is 16.5 Å². The summed E-state index contributed by atoms with van der Waals surface area (Å²) >= 11 is 1.68. The van der Waals surface area contributed by atoms with Crippen molar-refractivity contribution in [3.05, 3.63) is 53.3 Å². The van der Waals surface area contributed by atoms with Crippen LogP contribution in [0.3, 0.4) is 0 Å². The highest BCUT2D eigenvalue weighted by Crippen LogP contribution is 2.20. The summed E-state index contributed by atoms with van der Waals surface area (Å²) in [4.78, 5) is 8.83. The molecule has 2 rings (SSSR count). The summed E-state index contributed by atoms with van der Waals surface area (Å²) in [6.07, 6.45) is 4.97. The van der Waals surface area contributed by atoms with E-state index in [1.807, 2.05) is 12.4 Å². The standard InChI is InChI=1S/C16H21N3S/c1-3-8-17-9-14-10-18-16(19-11-14)20-12-15-7-5-4-6-13(15)2/h4-7,10-11,17H,3,8-9,12H2,1-2H3. The predicted molar refractivity (Wildman–Crippen MR) is 84.8 cm³/mol. The highest BCUT2D eigenvalue weighted by atomic mass is 32.2. The molecule has 0 unspecified atom stereocenters. The van der Waals surface area contributed by atoms with E-state index in [2.05, 4.69) is 53.4 Å². The average Bonchev–Trinajstić information content (AvgIpc) is 2.48. The van der Waals surface area contributed by atoms with Crippen LogP contribution in [0.1, 0.15) is 30.0 Å². The zero-order valence-electron chi connectivity index (χ0n) is 12.1. The second kappa shape index (κ2) is 8.02. The summed E-state index contributed by atoms with van der Waals surface area (Å²) in [7, 11) is 0. The maximum absolute atomic E-state index is 4.41. The Kier molecular flexibility index (Phi) is 6.02. The van der Waals surface area contributed by atoms with Gasteiger partial charge in [0.1, 0.15) is 0 Å². The molecule has 0 fully saturated rings. The van der Waals surface area contributed by atoms with Gasteiger partial charge in [-0.3, -0.25) is 0 Å². The molecular formula is C16H21N3S. The Bertz CT molecular complexity index is 526. The van der Waals surface area contributed by atoms with Crippen molar-refractivity contribution >= 4 is 11.8 Å². The zero-order valence-corrected chi connectivity index (χ0v) is 12.9. The molecule has 1 aromatic heterocycles. The van der Waals surface area contributed by atoms with Gasteiger partial charge in [-0.25, -0.2) is 9.97 Å². The molecule has 0 amide bonds. The van der Waals surface area contributed by atoms with Crippen LogP contribution in [0.25, 0.3) is 0 Å². The Balaban J connectivity index is 1.86. The molecule has 0 radical (unpaired) electrons. The third kappa shape index (κ3) is 4.62. The van der Waals surface area contributed by atoms with Gasteiger partial charge in [0, 0.05) is 30.3 Å². The molecule has 0 saturated carbocycles. The number of benzene rings is 1. The molecule has 0 spiro atoms. The lowest BCUT2D eigenvalue weighted by Crippen LogP contribution is -2.14. The smallest absolute Gasteiger partial charge is 0.187 e. The van der Waals surface area contributed by atoms with Crippen LogP contribution < -0.4 is 5.32 Å². The summed E-state index contributed by atoms with van der Waals surface area (Å²) in [6.45, 7) is 6.18. The van der Waals surface area contributed by atoms with Gasteiger partial charge in [0.15, 0.2) is 5.16 Å². The monoisotopic (exact) mass is 287 g/mol. The molecule has 0 bridgehead atoms. The van der Waals surface area contributed by atoms with Gasteiger partial charge in [0.05, 0.1) is 0 Å². The first-order valence-electron chi connectivity index (χ1n) is 6.98. The van der Waals surface area contributed by atoms with Crippen LogP contribution in [0.4, 0.5) is 0 Å². The lowest BCUT2D eigenvalue weighted by atomic mass is 10.1. The van der Waals surface area contributed by atoms with Crippen molar-refractivity contribution in [1.82, 2.24) is 15.3 Å². The molecule has 0 aliphatic heterocycles. The largest absolute Gasteiger partial charge is 0.313 e. The van der Waals surface area contributed by atoms with Crippen molar-refractivity contribution in [3.63, 3.8) is 0 Å². The van der Waals surface area contributed by atoms with E-state index in [-0.39, 0.29) is 0 Å². The second-order valence-electron chi connectivity index (χ2n) is 4.77. The molecule has 20 heavy (non-hydrogen) atoms. The molecule has 1 heterocycles. The summed E-state index contributed by atoms with van der Waals surface area (Å²) in [5, 5.41) is 4.19. The fourth-order valence-electron chi connectivity index (χ4n) is 1.83. The molecule has 3 nitrogen and oxygen atoms in total. The molecule has 1 N–H and O–H groups in total. The number of hydrogen-bond donors (Lipinski definition) is 1. The van der Waals surface area contributed by atoms with Crippen molar-refractivity contribution in [1.29, 1.82) is 0 Å². The Morgan fingerprint density at radius 2 is 1.90 bits per heavy atom. The third-order valence-corrected chi connectivity index (χ3v) is 3.98. The van der Waals surface area contributed by atoms with Crippen molar-refractivity contribution in [2.45, 2.75) is 37.7 Å². The number of hydrogen-bond acceptors (Lipinski definition) is 4. The minimum atomic E-state index is 0.840. The van der Waals surface area contributed by atoms with E-state index in [4.69, 9.17) is 0 Å². The second-order valence-corrected chi connectivity index (χ2v) is 5.71. The summed E-state index contributed by atoms with van der Waals surface area (Å²) < 4.78 is 0. The molecule has 0 saturated heterocycles. The van der Waals surface area contributed by atoms with Crippen molar-refractivity contribution in [2.75, 3.05) is 6.54 Å².